The quantitative estimate of drug-likeness (QED) is 0.633. The number of hydrazine groups is 1. The van der Waals surface area contributed by atoms with E-state index in [2.05, 4.69) is 10.7 Å². The van der Waals surface area contributed by atoms with Gasteiger partial charge in [-0.1, -0.05) is 67.1 Å². The van der Waals surface area contributed by atoms with E-state index < -0.39 is 23.4 Å². The van der Waals surface area contributed by atoms with E-state index in [0.29, 0.717) is 12.0 Å². The van der Waals surface area contributed by atoms with Crippen LogP contribution in [-0.2, 0) is 15.1 Å². The van der Waals surface area contributed by atoms with Crippen LogP contribution in [0.25, 0.3) is 6.08 Å². The Morgan fingerprint density at radius 1 is 1.15 bits per heavy atom. The Balaban J connectivity index is 1.76. The number of imide groups is 1. The van der Waals surface area contributed by atoms with Gasteiger partial charge in [0.25, 0.3) is 11.8 Å². The lowest BCUT2D eigenvalue weighted by molar-refractivity contribution is -0.138. The van der Waals surface area contributed by atoms with Crippen molar-refractivity contribution in [2.24, 2.45) is 0 Å². The minimum atomic E-state index is -1.17. The molecule has 27 heavy (non-hydrogen) atoms. The molecule has 0 unspecified atom stereocenters. The second-order valence-electron chi connectivity index (χ2n) is 6.42. The van der Waals surface area contributed by atoms with Gasteiger partial charge in [-0.05, 0) is 30.5 Å². The zero-order valence-corrected chi connectivity index (χ0v) is 15.2. The minimum Gasteiger partial charge on any atom is -0.318 e. The van der Waals surface area contributed by atoms with Crippen LogP contribution in [0.3, 0.4) is 0 Å². The molecule has 3 rings (SSSR count). The van der Waals surface area contributed by atoms with Crippen molar-refractivity contribution in [2.75, 3.05) is 0 Å². The molecule has 1 atom stereocenters. The van der Waals surface area contributed by atoms with Gasteiger partial charge in [-0.2, -0.15) is 5.01 Å². The topological polar surface area (TPSA) is 78.5 Å². The summed E-state index contributed by atoms with van der Waals surface area (Å²) in [7, 11) is 0. The number of aryl methyl sites for hydroxylation is 1. The molecule has 0 bridgehead atoms. The number of rotatable bonds is 5. The van der Waals surface area contributed by atoms with Gasteiger partial charge in [0.1, 0.15) is 5.54 Å². The van der Waals surface area contributed by atoms with Crippen molar-refractivity contribution in [2.45, 2.75) is 25.8 Å². The summed E-state index contributed by atoms with van der Waals surface area (Å²) in [6.07, 6.45) is 3.29. The van der Waals surface area contributed by atoms with Crippen molar-refractivity contribution in [3.63, 3.8) is 0 Å². The fraction of sp³-hybridized carbons (Fsp3) is 0.190. The van der Waals surface area contributed by atoms with Gasteiger partial charge in [-0.25, -0.2) is 4.79 Å². The van der Waals surface area contributed by atoms with Gasteiger partial charge >= 0.3 is 6.03 Å². The number of benzene rings is 2. The molecular weight excluding hydrogens is 342 g/mol. The van der Waals surface area contributed by atoms with Crippen LogP contribution in [0.15, 0.2) is 60.7 Å². The lowest BCUT2D eigenvalue weighted by Crippen LogP contribution is -2.48. The Bertz CT molecular complexity index is 908. The van der Waals surface area contributed by atoms with E-state index in [1.807, 2.05) is 44.2 Å². The molecule has 6 heteroatoms. The second kappa shape index (κ2) is 7.45. The van der Waals surface area contributed by atoms with Gasteiger partial charge < -0.3 is 5.32 Å². The molecular formula is C21H21N3O3. The SMILES string of the molecule is CC[C@]1(c2ccccc2)NC(=O)N(NC(=O)/C=C/c2cccc(C)c2)C1=O. The van der Waals surface area contributed by atoms with Crippen LogP contribution in [0.5, 0.6) is 0 Å². The first-order valence-electron chi connectivity index (χ1n) is 8.74. The lowest BCUT2D eigenvalue weighted by Gasteiger charge is -2.25. The molecule has 6 nitrogen and oxygen atoms in total. The van der Waals surface area contributed by atoms with E-state index in [1.165, 1.54) is 6.08 Å². The normalized spacial score (nSPS) is 19.4. The number of carbonyl (C=O) groups excluding carboxylic acids is 3. The molecule has 0 saturated carbocycles. The summed E-state index contributed by atoms with van der Waals surface area (Å²) in [5, 5.41) is 3.47. The molecule has 1 saturated heterocycles. The molecule has 1 aliphatic heterocycles. The van der Waals surface area contributed by atoms with Crippen molar-refractivity contribution in [1.29, 1.82) is 0 Å². The first-order chi connectivity index (χ1) is 13.0. The summed E-state index contributed by atoms with van der Waals surface area (Å²) < 4.78 is 0. The fourth-order valence-electron chi connectivity index (χ4n) is 3.13. The maximum Gasteiger partial charge on any atom is 0.344 e. The number of hydrogen-bond acceptors (Lipinski definition) is 3. The number of nitrogens with one attached hydrogen (secondary N) is 2. The van der Waals surface area contributed by atoms with Crippen LogP contribution in [0.4, 0.5) is 4.79 Å². The number of urea groups is 1. The number of hydrogen-bond donors (Lipinski definition) is 2. The van der Waals surface area contributed by atoms with Crippen molar-refractivity contribution in [3.05, 3.63) is 77.4 Å². The molecule has 1 aliphatic rings. The molecule has 0 aromatic heterocycles. The van der Waals surface area contributed by atoms with Crippen LogP contribution < -0.4 is 10.7 Å². The molecule has 2 N–H and O–H groups in total. The highest BCUT2D eigenvalue weighted by Gasteiger charge is 2.52. The molecule has 0 spiro atoms. The van der Waals surface area contributed by atoms with E-state index in [1.54, 1.807) is 30.3 Å². The largest absolute Gasteiger partial charge is 0.344 e. The van der Waals surface area contributed by atoms with Crippen molar-refractivity contribution in [1.82, 2.24) is 15.8 Å². The third kappa shape index (κ3) is 3.60. The Kier molecular flexibility index (Phi) is 5.07. The second-order valence-corrected chi connectivity index (χ2v) is 6.42. The van der Waals surface area contributed by atoms with Gasteiger partial charge in [0.2, 0.25) is 0 Å². The molecule has 0 aliphatic carbocycles. The number of amides is 4. The monoisotopic (exact) mass is 363 g/mol. The zero-order chi connectivity index (χ0) is 19.4. The highest BCUT2D eigenvalue weighted by Crippen LogP contribution is 2.31. The average Bonchev–Trinajstić information content (AvgIpc) is 2.92. The van der Waals surface area contributed by atoms with Crippen LogP contribution in [-0.4, -0.2) is 22.9 Å². The highest BCUT2D eigenvalue weighted by molar-refractivity contribution is 6.09. The van der Waals surface area contributed by atoms with E-state index >= 15 is 0 Å². The summed E-state index contributed by atoms with van der Waals surface area (Å²) >= 11 is 0. The molecule has 138 valence electrons. The van der Waals surface area contributed by atoms with E-state index in [0.717, 1.165) is 16.1 Å². The standard InChI is InChI=1S/C21H21N3O3/c1-3-21(17-10-5-4-6-11-17)19(26)24(20(27)22-21)23-18(25)13-12-16-9-7-8-15(2)14-16/h4-14H,3H2,1-2H3,(H,22,27)(H,23,25)/b13-12+/t21-/m1/s1. The zero-order valence-electron chi connectivity index (χ0n) is 15.2. The third-order valence-corrected chi connectivity index (χ3v) is 4.58. The van der Waals surface area contributed by atoms with Gasteiger partial charge in [0.15, 0.2) is 0 Å². The summed E-state index contributed by atoms with van der Waals surface area (Å²) in [4.78, 5) is 37.5. The fourth-order valence-corrected chi connectivity index (χ4v) is 3.13. The number of nitrogens with zero attached hydrogens (tertiary/aromatic N) is 1. The van der Waals surface area contributed by atoms with E-state index in [4.69, 9.17) is 0 Å². The predicted octanol–water partition coefficient (Wildman–Crippen LogP) is 2.90. The Morgan fingerprint density at radius 2 is 1.89 bits per heavy atom. The molecule has 0 radical (unpaired) electrons. The van der Waals surface area contributed by atoms with E-state index in [9.17, 15) is 14.4 Å². The molecule has 2 aromatic carbocycles. The van der Waals surface area contributed by atoms with Crippen molar-refractivity contribution < 1.29 is 14.4 Å². The summed E-state index contributed by atoms with van der Waals surface area (Å²) in [6.45, 7) is 3.77. The first-order valence-corrected chi connectivity index (χ1v) is 8.74. The van der Waals surface area contributed by atoms with E-state index in [-0.39, 0.29) is 0 Å². The van der Waals surface area contributed by atoms with Crippen LogP contribution >= 0.6 is 0 Å². The lowest BCUT2D eigenvalue weighted by atomic mass is 9.87. The van der Waals surface area contributed by atoms with Gasteiger partial charge in [-0.3, -0.25) is 15.0 Å². The van der Waals surface area contributed by atoms with Crippen LogP contribution in [0.1, 0.15) is 30.0 Å². The van der Waals surface area contributed by atoms with Gasteiger partial charge in [-0.15, -0.1) is 0 Å². The Hall–Kier alpha value is -3.41. The Morgan fingerprint density at radius 3 is 2.56 bits per heavy atom. The van der Waals surface area contributed by atoms with Crippen molar-refractivity contribution >= 4 is 23.9 Å². The minimum absolute atomic E-state index is 0.368. The summed E-state index contributed by atoms with van der Waals surface area (Å²) in [6, 6.07) is 16.0. The molecule has 4 amide bonds. The van der Waals surface area contributed by atoms with Gasteiger partial charge in [0, 0.05) is 6.08 Å². The Labute approximate surface area is 157 Å². The predicted molar refractivity (Wildman–Crippen MR) is 102 cm³/mol. The third-order valence-electron chi connectivity index (χ3n) is 4.58. The maximum absolute atomic E-state index is 12.9. The maximum atomic E-state index is 12.9. The summed E-state index contributed by atoms with van der Waals surface area (Å²) in [5.41, 5.74) is 3.80. The number of carbonyl (C=O) groups is 3. The first kappa shape index (κ1) is 18.4. The summed E-state index contributed by atoms with van der Waals surface area (Å²) in [5.74, 6) is -1.06. The van der Waals surface area contributed by atoms with Crippen LogP contribution in [0, 0.1) is 6.92 Å². The smallest absolute Gasteiger partial charge is 0.318 e. The highest BCUT2D eigenvalue weighted by atomic mass is 16.2. The average molecular weight is 363 g/mol. The molecule has 1 fully saturated rings. The van der Waals surface area contributed by atoms with Gasteiger partial charge in [0.05, 0.1) is 0 Å². The van der Waals surface area contributed by atoms with Crippen LogP contribution in [0.2, 0.25) is 0 Å². The molecule has 2 aromatic rings. The molecule has 1 heterocycles. The van der Waals surface area contributed by atoms with Crippen molar-refractivity contribution in [3.8, 4) is 0 Å².